The van der Waals surface area contributed by atoms with Gasteiger partial charge in [-0.05, 0) is 19.4 Å². The third-order valence-corrected chi connectivity index (χ3v) is 2.04. The van der Waals surface area contributed by atoms with E-state index in [1.165, 1.54) is 12.1 Å². The largest absolute Gasteiger partial charge is 0.501 e. The van der Waals surface area contributed by atoms with Gasteiger partial charge >= 0.3 is 6.18 Å². The van der Waals surface area contributed by atoms with E-state index >= 15 is 0 Å². The molecule has 88 valence electrons. The summed E-state index contributed by atoms with van der Waals surface area (Å²) in [5.41, 5.74) is 0.280. The predicted molar refractivity (Wildman–Crippen MR) is 56.8 cm³/mol. The summed E-state index contributed by atoms with van der Waals surface area (Å²) in [7, 11) is 0. The number of hydrogen-bond acceptors (Lipinski definition) is 1. The molecule has 4 heteroatoms. The van der Waals surface area contributed by atoms with Crippen LogP contribution < -0.4 is 0 Å². The number of benzene rings is 1. The van der Waals surface area contributed by atoms with Crippen molar-refractivity contribution in [2.75, 3.05) is 6.61 Å². The molecule has 16 heavy (non-hydrogen) atoms. The zero-order chi connectivity index (χ0) is 12.2. The Morgan fingerprint density at radius 2 is 1.81 bits per heavy atom. The molecule has 1 rings (SSSR count). The molecule has 0 saturated carbocycles. The minimum Gasteiger partial charge on any atom is -0.501 e. The fraction of sp³-hybridized carbons (Fsp3) is 0.333. The van der Waals surface area contributed by atoms with E-state index < -0.39 is 11.7 Å². The highest BCUT2D eigenvalue weighted by Crippen LogP contribution is 2.33. The summed E-state index contributed by atoms with van der Waals surface area (Å²) in [6, 6.07) is 6.16. The Kier molecular flexibility index (Phi) is 3.99. The average molecular weight is 230 g/mol. The van der Waals surface area contributed by atoms with E-state index in [9.17, 15) is 13.2 Å². The number of alkyl halides is 3. The van der Waals surface area contributed by atoms with Crippen molar-refractivity contribution in [2.45, 2.75) is 20.0 Å². The lowest BCUT2D eigenvalue weighted by molar-refractivity contribution is -0.0703. The van der Waals surface area contributed by atoms with Crippen molar-refractivity contribution in [3.63, 3.8) is 0 Å². The van der Waals surface area contributed by atoms with Crippen LogP contribution in [0.2, 0.25) is 0 Å². The Morgan fingerprint density at radius 3 is 2.25 bits per heavy atom. The number of aryl methyl sites for hydroxylation is 1. The van der Waals surface area contributed by atoms with Crippen molar-refractivity contribution in [2.24, 2.45) is 0 Å². The van der Waals surface area contributed by atoms with E-state index in [-0.39, 0.29) is 12.2 Å². The summed E-state index contributed by atoms with van der Waals surface area (Å²) in [5.74, 6) is 0. The first-order valence-corrected chi connectivity index (χ1v) is 4.91. The van der Waals surface area contributed by atoms with Gasteiger partial charge in [0, 0.05) is 0 Å². The normalized spacial score (nSPS) is 12.7. The van der Waals surface area contributed by atoms with Crippen molar-refractivity contribution < 1.29 is 17.9 Å². The van der Waals surface area contributed by atoms with Crippen LogP contribution in [0, 0.1) is 6.92 Å². The Labute approximate surface area is 92.5 Å². The molecule has 1 aromatic carbocycles. The molecule has 0 N–H and O–H groups in total. The maximum Gasteiger partial charge on any atom is 0.419 e. The third-order valence-electron chi connectivity index (χ3n) is 2.04. The van der Waals surface area contributed by atoms with E-state index in [0.29, 0.717) is 0 Å². The molecule has 0 spiro atoms. The molecule has 0 radical (unpaired) electrons. The highest BCUT2D eigenvalue weighted by atomic mass is 19.4. The van der Waals surface area contributed by atoms with Crippen molar-refractivity contribution in [1.29, 1.82) is 0 Å². The number of ether oxygens (including phenoxy) is 1. The molecule has 0 bridgehead atoms. The SMILES string of the molecule is CCO/C=C(/c1ccc(C)cc1)C(F)(F)F. The van der Waals surface area contributed by atoms with Crippen molar-refractivity contribution in [1.82, 2.24) is 0 Å². The second-order valence-corrected chi connectivity index (χ2v) is 3.35. The monoisotopic (exact) mass is 230 g/mol. The summed E-state index contributed by atoms with van der Waals surface area (Å²) in [4.78, 5) is 0. The molecule has 0 saturated heterocycles. The molecule has 0 atom stereocenters. The number of hydrogen-bond donors (Lipinski definition) is 0. The van der Waals surface area contributed by atoms with E-state index in [4.69, 9.17) is 4.74 Å². The van der Waals surface area contributed by atoms with Crippen LogP contribution in [0.4, 0.5) is 13.2 Å². The maximum absolute atomic E-state index is 12.7. The van der Waals surface area contributed by atoms with Gasteiger partial charge in [-0.3, -0.25) is 0 Å². The van der Waals surface area contributed by atoms with Gasteiger partial charge in [-0.25, -0.2) is 0 Å². The van der Waals surface area contributed by atoms with Crippen LogP contribution in [0.5, 0.6) is 0 Å². The molecule has 1 aromatic rings. The smallest absolute Gasteiger partial charge is 0.419 e. The number of halogens is 3. The van der Waals surface area contributed by atoms with Gasteiger partial charge in [-0.1, -0.05) is 29.8 Å². The van der Waals surface area contributed by atoms with E-state index in [0.717, 1.165) is 11.8 Å². The lowest BCUT2D eigenvalue weighted by Crippen LogP contribution is -2.11. The summed E-state index contributed by atoms with van der Waals surface area (Å²) in [5, 5.41) is 0. The molecular formula is C12H13F3O. The topological polar surface area (TPSA) is 9.23 Å². The van der Waals surface area contributed by atoms with Crippen LogP contribution in [-0.2, 0) is 4.74 Å². The van der Waals surface area contributed by atoms with Gasteiger partial charge in [-0.15, -0.1) is 0 Å². The van der Waals surface area contributed by atoms with Crippen LogP contribution in [0.25, 0.3) is 5.57 Å². The van der Waals surface area contributed by atoms with Crippen LogP contribution >= 0.6 is 0 Å². The Bertz CT molecular complexity index is 363. The Hall–Kier alpha value is -1.45. The van der Waals surface area contributed by atoms with Crippen LogP contribution in [0.1, 0.15) is 18.1 Å². The molecule has 0 aromatic heterocycles. The van der Waals surface area contributed by atoms with E-state index in [1.807, 2.05) is 6.92 Å². The van der Waals surface area contributed by atoms with Crippen LogP contribution in [0.15, 0.2) is 30.5 Å². The molecular weight excluding hydrogens is 217 g/mol. The van der Waals surface area contributed by atoms with E-state index in [1.54, 1.807) is 19.1 Å². The van der Waals surface area contributed by atoms with Gasteiger partial charge in [0.05, 0.1) is 18.4 Å². The highest BCUT2D eigenvalue weighted by Gasteiger charge is 2.35. The van der Waals surface area contributed by atoms with E-state index in [2.05, 4.69) is 0 Å². The maximum atomic E-state index is 12.7. The second-order valence-electron chi connectivity index (χ2n) is 3.35. The predicted octanol–water partition coefficient (Wildman–Crippen LogP) is 3.93. The molecule has 0 aliphatic carbocycles. The fourth-order valence-electron chi connectivity index (χ4n) is 1.20. The first-order valence-electron chi connectivity index (χ1n) is 4.91. The first kappa shape index (κ1) is 12.6. The highest BCUT2D eigenvalue weighted by molar-refractivity contribution is 5.68. The van der Waals surface area contributed by atoms with Gasteiger partial charge in [-0.2, -0.15) is 13.2 Å². The summed E-state index contributed by atoms with van der Waals surface area (Å²) in [6.45, 7) is 3.67. The standard InChI is InChI=1S/C12H13F3O/c1-3-16-8-11(12(13,14)15)10-6-4-9(2)5-7-10/h4-8H,3H2,1-2H3/b11-8-. The summed E-state index contributed by atoms with van der Waals surface area (Å²) in [6.07, 6.45) is -3.63. The van der Waals surface area contributed by atoms with Crippen LogP contribution in [0.3, 0.4) is 0 Å². The van der Waals surface area contributed by atoms with Gasteiger partial charge in [0.25, 0.3) is 0 Å². The van der Waals surface area contributed by atoms with Crippen molar-refractivity contribution >= 4 is 5.57 Å². The first-order chi connectivity index (χ1) is 7.45. The van der Waals surface area contributed by atoms with Gasteiger partial charge in [0.1, 0.15) is 0 Å². The molecule has 0 aliphatic rings. The molecule has 0 unspecified atom stereocenters. The fourth-order valence-corrected chi connectivity index (χ4v) is 1.20. The molecule has 0 fully saturated rings. The quantitative estimate of drug-likeness (QED) is 0.715. The third kappa shape index (κ3) is 3.29. The van der Waals surface area contributed by atoms with Gasteiger partial charge in [0.15, 0.2) is 0 Å². The molecule has 0 aliphatic heterocycles. The molecule has 0 heterocycles. The lowest BCUT2D eigenvalue weighted by atomic mass is 10.1. The number of allylic oxidation sites excluding steroid dienone is 1. The minimum absolute atomic E-state index is 0.117. The van der Waals surface area contributed by atoms with Gasteiger partial charge < -0.3 is 4.74 Å². The second kappa shape index (κ2) is 5.05. The van der Waals surface area contributed by atoms with Gasteiger partial charge in [0.2, 0.25) is 0 Å². The molecule has 0 amide bonds. The summed E-state index contributed by atoms with van der Waals surface area (Å²) < 4.78 is 42.8. The zero-order valence-corrected chi connectivity index (χ0v) is 9.14. The lowest BCUT2D eigenvalue weighted by Gasteiger charge is -2.12. The zero-order valence-electron chi connectivity index (χ0n) is 9.14. The minimum atomic E-state index is -4.40. The number of rotatable bonds is 3. The summed E-state index contributed by atoms with van der Waals surface area (Å²) >= 11 is 0. The Balaban J connectivity index is 3.07. The Morgan fingerprint density at radius 1 is 1.25 bits per heavy atom. The molecule has 1 nitrogen and oxygen atoms in total. The van der Waals surface area contributed by atoms with Crippen molar-refractivity contribution in [3.8, 4) is 0 Å². The average Bonchev–Trinajstić information content (AvgIpc) is 2.19. The van der Waals surface area contributed by atoms with Crippen molar-refractivity contribution in [3.05, 3.63) is 41.7 Å². The van der Waals surface area contributed by atoms with Crippen LogP contribution in [-0.4, -0.2) is 12.8 Å².